The second-order valence-corrected chi connectivity index (χ2v) is 7.38. The van der Waals surface area contributed by atoms with Gasteiger partial charge in [-0.2, -0.15) is 0 Å². The van der Waals surface area contributed by atoms with E-state index in [9.17, 15) is 4.79 Å². The number of aromatic nitrogens is 1. The number of hydrogen-bond donors (Lipinski definition) is 1. The molecule has 2 aromatic rings. The number of ether oxygens (including phenoxy) is 2. The molecule has 2 aliphatic rings. The Labute approximate surface area is 163 Å². The van der Waals surface area contributed by atoms with Crippen LogP contribution in [0.2, 0.25) is 5.02 Å². The lowest BCUT2D eigenvalue weighted by atomic mass is 10.1. The van der Waals surface area contributed by atoms with Gasteiger partial charge in [-0.25, -0.2) is 4.98 Å². The van der Waals surface area contributed by atoms with Crippen LogP contribution in [0.25, 0.3) is 0 Å². The SMILES string of the molecule is COc1ncccc1C(=O)N[C@@H]1C[C@H]2CO[C@@H](c3ccc(Cl)cc3)CN2C1. The molecule has 0 bridgehead atoms. The third-order valence-corrected chi connectivity index (χ3v) is 5.46. The Balaban J connectivity index is 1.38. The average Bonchev–Trinajstić information content (AvgIpc) is 3.09. The molecule has 4 rings (SSSR count). The number of benzene rings is 1. The van der Waals surface area contributed by atoms with Gasteiger partial charge in [0.05, 0.1) is 19.8 Å². The predicted octanol–water partition coefficient (Wildman–Crippen LogP) is 2.69. The first kappa shape index (κ1) is 18.2. The number of morpholine rings is 1. The summed E-state index contributed by atoms with van der Waals surface area (Å²) in [7, 11) is 1.52. The highest BCUT2D eigenvalue weighted by Gasteiger charge is 2.38. The molecule has 1 amide bonds. The Morgan fingerprint density at radius 3 is 2.89 bits per heavy atom. The second kappa shape index (κ2) is 7.84. The summed E-state index contributed by atoms with van der Waals surface area (Å²) in [6.45, 7) is 2.29. The van der Waals surface area contributed by atoms with Gasteiger partial charge in [0.15, 0.2) is 0 Å². The molecule has 0 radical (unpaired) electrons. The minimum absolute atomic E-state index is 0.0337. The lowest BCUT2D eigenvalue weighted by Gasteiger charge is -2.35. The van der Waals surface area contributed by atoms with Crippen molar-refractivity contribution in [3.8, 4) is 5.88 Å². The molecular formula is C20H22ClN3O3. The van der Waals surface area contributed by atoms with Gasteiger partial charge in [0, 0.05) is 36.4 Å². The molecule has 0 unspecified atom stereocenters. The summed E-state index contributed by atoms with van der Waals surface area (Å²) >= 11 is 5.97. The Kier molecular flexibility index (Phi) is 5.29. The van der Waals surface area contributed by atoms with Crippen LogP contribution in [0.15, 0.2) is 42.6 Å². The molecule has 2 saturated heterocycles. The van der Waals surface area contributed by atoms with Gasteiger partial charge in [0.2, 0.25) is 5.88 Å². The lowest BCUT2D eigenvalue weighted by Crippen LogP contribution is -2.43. The van der Waals surface area contributed by atoms with Crippen molar-refractivity contribution in [2.75, 3.05) is 26.8 Å². The average molecular weight is 388 g/mol. The van der Waals surface area contributed by atoms with Gasteiger partial charge in [0.25, 0.3) is 5.91 Å². The molecule has 2 aliphatic heterocycles. The summed E-state index contributed by atoms with van der Waals surface area (Å²) in [6.07, 6.45) is 2.52. The topological polar surface area (TPSA) is 63.7 Å². The minimum atomic E-state index is -0.153. The molecule has 3 atom stereocenters. The van der Waals surface area contributed by atoms with Crippen molar-refractivity contribution in [3.05, 3.63) is 58.7 Å². The van der Waals surface area contributed by atoms with E-state index in [0.29, 0.717) is 24.1 Å². The number of rotatable bonds is 4. The van der Waals surface area contributed by atoms with Gasteiger partial charge in [-0.15, -0.1) is 0 Å². The van der Waals surface area contributed by atoms with E-state index in [-0.39, 0.29) is 18.1 Å². The van der Waals surface area contributed by atoms with Gasteiger partial charge in [-0.1, -0.05) is 23.7 Å². The molecule has 142 valence electrons. The summed E-state index contributed by atoms with van der Waals surface area (Å²) in [5.41, 5.74) is 1.59. The van der Waals surface area contributed by atoms with Crippen molar-refractivity contribution in [2.24, 2.45) is 0 Å². The van der Waals surface area contributed by atoms with Crippen molar-refractivity contribution >= 4 is 17.5 Å². The van der Waals surface area contributed by atoms with Crippen LogP contribution in [0, 0.1) is 0 Å². The molecule has 1 aromatic heterocycles. The molecule has 0 spiro atoms. The van der Waals surface area contributed by atoms with Crippen LogP contribution in [-0.4, -0.2) is 54.7 Å². The van der Waals surface area contributed by atoms with Gasteiger partial charge in [-0.05, 0) is 36.2 Å². The van der Waals surface area contributed by atoms with Crippen molar-refractivity contribution in [2.45, 2.75) is 24.6 Å². The quantitative estimate of drug-likeness (QED) is 0.873. The van der Waals surface area contributed by atoms with Gasteiger partial charge >= 0.3 is 0 Å². The standard InChI is InChI=1S/C20H22ClN3O3/c1-26-20-17(3-2-8-22-20)19(25)23-15-9-16-12-27-18(11-24(16)10-15)13-4-6-14(21)7-5-13/h2-8,15-16,18H,9-12H2,1H3,(H,23,25)/t15-,16+,18-/m1/s1. The minimum Gasteiger partial charge on any atom is -0.480 e. The number of hydrogen-bond acceptors (Lipinski definition) is 5. The fourth-order valence-corrected chi connectivity index (χ4v) is 3.97. The van der Waals surface area contributed by atoms with Crippen LogP contribution in [0.4, 0.5) is 0 Å². The summed E-state index contributed by atoms with van der Waals surface area (Å²) in [5.74, 6) is 0.192. The predicted molar refractivity (Wildman–Crippen MR) is 102 cm³/mol. The number of methoxy groups -OCH3 is 1. The summed E-state index contributed by atoms with van der Waals surface area (Å²) in [6, 6.07) is 11.7. The first-order valence-electron chi connectivity index (χ1n) is 9.05. The van der Waals surface area contributed by atoms with E-state index in [1.54, 1.807) is 18.3 Å². The molecule has 0 aliphatic carbocycles. The normalized spacial score (nSPS) is 25.0. The second-order valence-electron chi connectivity index (χ2n) is 6.95. The molecule has 6 nitrogen and oxygen atoms in total. The highest BCUT2D eigenvalue weighted by Crippen LogP contribution is 2.31. The number of fused-ring (bicyclic) bond motifs is 1. The summed E-state index contributed by atoms with van der Waals surface area (Å²) < 4.78 is 11.3. The Morgan fingerprint density at radius 2 is 2.11 bits per heavy atom. The zero-order chi connectivity index (χ0) is 18.8. The third kappa shape index (κ3) is 3.93. The van der Waals surface area contributed by atoms with Gasteiger partial charge in [0.1, 0.15) is 5.56 Å². The maximum absolute atomic E-state index is 12.6. The molecule has 27 heavy (non-hydrogen) atoms. The lowest BCUT2D eigenvalue weighted by molar-refractivity contribution is -0.0502. The third-order valence-electron chi connectivity index (χ3n) is 5.20. The van der Waals surface area contributed by atoms with E-state index in [4.69, 9.17) is 21.1 Å². The smallest absolute Gasteiger partial charge is 0.257 e. The van der Waals surface area contributed by atoms with Crippen molar-refractivity contribution < 1.29 is 14.3 Å². The Bertz CT molecular complexity index is 814. The van der Waals surface area contributed by atoms with Crippen LogP contribution in [0.3, 0.4) is 0 Å². The van der Waals surface area contributed by atoms with Crippen LogP contribution < -0.4 is 10.1 Å². The fourth-order valence-electron chi connectivity index (χ4n) is 3.85. The summed E-state index contributed by atoms with van der Waals surface area (Å²) in [4.78, 5) is 19.1. The zero-order valence-corrected chi connectivity index (χ0v) is 15.9. The first-order valence-corrected chi connectivity index (χ1v) is 9.43. The monoisotopic (exact) mass is 387 g/mol. The van der Waals surface area contributed by atoms with E-state index in [0.717, 1.165) is 30.1 Å². The van der Waals surface area contributed by atoms with Crippen LogP contribution in [-0.2, 0) is 4.74 Å². The van der Waals surface area contributed by atoms with Crippen LogP contribution in [0.1, 0.15) is 28.4 Å². The number of pyridine rings is 1. The highest BCUT2D eigenvalue weighted by atomic mass is 35.5. The van der Waals surface area contributed by atoms with Crippen LogP contribution >= 0.6 is 11.6 Å². The van der Waals surface area contributed by atoms with Gasteiger partial charge < -0.3 is 14.8 Å². The highest BCUT2D eigenvalue weighted by molar-refractivity contribution is 6.30. The number of amides is 1. The number of nitrogens with zero attached hydrogens (tertiary/aromatic N) is 2. The summed E-state index contributed by atoms with van der Waals surface area (Å²) in [5, 5.41) is 3.84. The Morgan fingerprint density at radius 1 is 1.30 bits per heavy atom. The Hall–Kier alpha value is -2.15. The molecule has 7 heteroatoms. The number of carbonyl (C=O) groups excluding carboxylic acids is 1. The largest absolute Gasteiger partial charge is 0.480 e. The maximum Gasteiger partial charge on any atom is 0.257 e. The zero-order valence-electron chi connectivity index (χ0n) is 15.1. The van der Waals surface area contributed by atoms with Crippen molar-refractivity contribution in [3.63, 3.8) is 0 Å². The number of nitrogens with one attached hydrogen (secondary N) is 1. The molecule has 1 aromatic carbocycles. The molecular weight excluding hydrogens is 366 g/mol. The number of carbonyl (C=O) groups is 1. The van der Waals surface area contributed by atoms with E-state index in [2.05, 4.69) is 15.2 Å². The van der Waals surface area contributed by atoms with E-state index < -0.39 is 0 Å². The fraction of sp³-hybridized carbons (Fsp3) is 0.400. The van der Waals surface area contributed by atoms with Crippen molar-refractivity contribution in [1.29, 1.82) is 0 Å². The number of halogens is 1. The van der Waals surface area contributed by atoms with E-state index in [1.807, 2.05) is 24.3 Å². The van der Waals surface area contributed by atoms with E-state index >= 15 is 0 Å². The first-order chi connectivity index (χ1) is 13.1. The van der Waals surface area contributed by atoms with Crippen LogP contribution in [0.5, 0.6) is 5.88 Å². The van der Waals surface area contributed by atoms with Gasteiger partial charge in [-0.3, -0.25) is 9.69 Å². The van der Waals surface area contributed by atoms with E-state index in [1.165, 1.54) is 7.11 Å². The van der Waals surface area contributed by atoms with Crippen molar-refractivity contribution in [1.82, 2.24) is 15.2 Å². The molecule has 0 saturated carbocycles. The molecule has 2 fully saturated rings. The molecule has 3 heterocycles. The molecule has 1 N–H and O–H groups in total. The maximum atomic E-state index is 12.6.